The van der Waals surface area contributed by atoms with Crippen LogP contribution in [0, 0.1) is 44.3 Å². The number of carbonyl (C=O) groups excluding carboxylic acids is 2. The van der Waals surface area contributed by atoms with Gasteiger partial charge in [-0.3, -0.25) is 4.79 Å². The summed E-state index contributed by atoms with van der Waals surface area (Å²) < 4.78 is 30.8. The van der Waals surface area contributed by atoms with E-state index in [4.69, 9.17) is 4.74 Å². The van der Waals surface area contributed by atoms with E-state index in [1.807, 2.05) is 4.90 Å². The van der Waals surface area contributed by atoms with E-state index in [0.717, 1.165) is 70.6 Å². The second-order valence-corrected chi connectivity index (χ2v) is 21.7. The molecule has 8 nitrogen and oxygen atoms in total. The van der Waals surface area contributed by atoms with E-state index in [9.17, 15) is 27.9 Å². The van der Waals surface area contributed by atoms with Crippen molar-refractivity contribution in [2.24, 2.45) is 44.3 Å². The first kappa shape index (κ1) is 36.7. The van der Waals surface area contributed by atoms with Crippen molar-refractivity contribution in [2.45, 2.75) is 125 Å². The van der Waals surface area contributed by atoms with Gasteiger partial charge < -0.3 is 14.7 Å². The molecule has 0 bridgehead atoms. The molecule has 51 heavy (non-hydrogen) atoms. The molecular weight excluding hydrogens is 663 g/mol. The Kier molecular flexibility index (Phi) is 8.56. The summed E-state index contributed by atoms with van der Waals surface area (Å²) in [6, 6.07) is 6.31. The molecule has 4 saturated carbocycles. The van der Waals surface area contributed by atoms with Crippen molar-refractivity contribution in [3.05, 3.63) is 46.5 Å². The van der Waals surface area contributed by atoms with Crippen LogP contribution in [-0.4, -0.2) is 67.0 Å². The van der Waals surface area contributed by atoms with Gasteiger partial charge in [0.15, 0.2) is 9.84 Å². The molecule has 5 fully saturated rings. The molecule has 0 radical (unpaired) electrons. The average molecular weight is 722 g/mol. The molecule has 0 unspecified atom stereocenters. The number of aromatic carboxylic acids is 1. The van der Waals surface area contributed by atoms with Crippen molar-refractivity contribution in [3.8, 4) is 0 Å². The van der Waals surface area contributed by atoms with Crippen molar-refractivity contribution in [3.63, 3.8) is 0 Å². The van der Waals surface area contributed by atoms with Crippen molar-refractivity contribution >= 4 is 27.7 Å². The summed E-state index contributed by atoms with van der Waals surface area (Å²) in [6.07, 6.45) is 10.2. The van der Waals surface area contributed by atoms with Crippen LogP contribution in [0.2, 0.25) is 0 Å². The smallest absolute Gasteiger partial charge is 0.339 e. The molecule has 1 heterocycles. The number of ether oxygens (including phenoxy) is 1. The maximum atomic E-state index is 14.7. The predicted octanol–water partition coefficient (Wildman–Crippen LogP) is 8.11. The predicted molar refractivity (Wildman–Crippen MR) is 197 cm³/mol. The van der Waals surface area contributed by atoms with Crippen LogP contribution in [0.25, 0.3) is 0 Å². The molecule has 1 aliphatic heterocycles. The lowest BCUT2D eigenvalue weighted by molar-refractivity contribution is -0.205. The molecule has 280 valence electrons. The van der Waals surface area contributed by atoms with Crippen LogP contribution in [-0.2, 0) is 19.4 Å². The zero-order valence-corrected chi connectivity index (χ0v) is 32.7. The molecule has 1 aromatic carbocycles. The van der Waals surface area contributed by atoms with Gasteiger partial charge in [0.2, 0.25) is 5.91 Å². The van der Waals surface area contributed by atoms with Crippen LogP contribution in [0.3, 0.4) is 0 Å². The molecule has 0 spiro atoms. The van der Waals surface area contributed by atoms with Crippen LogP contribution in [0.1, 0.15) is 140 Å². The lowest BCUT2D eigenvalue weighted by Gasteiger charge is -2.71. The number of amides is 1. The van der Waals surface area contributed by atoms with E-state index in [2.05, 4.69) is 48.5 Å². The molecule has 1 amide bonds. The van der Waals surface area contributed by atoms with Crippen molar-refractivity contribution in [1.82, 2.24) is 4.90 Å². The van der Waals surface area contributed by atoms with Crippen molar-refractivity contribution < 1.29 is 32.6 Å². The zero-order chi connectivity index (χ0) is 37.0. The first-order valence-electron chi connectivity index (χ1n) is 19.5. The highest BCUT2D eigenvalue weighted by atomic mass is 32.2. The number of carboxylic acid groups (broad SMARTS) is 1. The van der Waals surface area contributed by atoms with E-state index in [1.165, 1.54) is 11.6 Å². The van der Waals surface area contributed by atoms with Crippen LogP contribution in [0.15, 0.2) is 35.4 Å². The van der Waals surface area contributed by atoms with Crippen LogP contribution >= 0.6 is 0 Å². The Morgan fingerprint density at radius 2 is 1.43 bits per heavy atom. The number of hydrogen-bond acceptors (Lipinski definition) is 6. The number of esters is 1. The number of carbonyl (C=O) groups is 3. The molecule has 1 N–H and O–H groups in total. The number of benzene rings is 1. The van der Waals surface area contributed by atoms with Gasteiger partial charge in [-0.25, -0.2) is 18.0 Å². The van der Waals surface area contributed by atoms with Gasteiger partial charge >= 0.3 is 11.9 Å². The molecule has 7 atom stereocenters. The number of rotatable bonds is 4. The summed E-state index contributed by atoms with van der Waals surface area (Å²) in [5.74, 6) is -0.554. The van der Waals surface area contributed by atoms with Gasteiger partial charge in [-0.1, -0.05) is 71.7 Å². The fourth-order valence-electron chi connectivity index (χ4n) is 13.1. The summed E-state index contributed by atoms with van der Waals surface area (Å²) in [4.78, 5) is 41.9. The maximum Gasteiger partial charge on any atom is 0.339 e. The third kappa shape index (κ3) is 5.47. The fraction of sp³-hybridized carbons (Fsp3) is 0.738. The van der Waals surface area contributed by atoms with Gasteiger partial charge in [0.25, 0.3) is 0 Å². The van der Waals surface area contributed by atoms with Crippen LogP contribution in [0.5, 0.6) is 0 Å². The van der Waals surface area contributed by atoms with Crippen molar-refractivity contribution in [2.75, 3.05) is 24.6 Å². The number of hydrogen-bond donors (Lipinski definition) is 1. The van der Waals surface area contributed by atoms with Crippen LogP contribution < -0.4 is 0 Å². The molecule has 1 aromatic rings. The third-order valence-electron chi connectivity index (χ3n) is 16.1. The van der Waals surface area contributed by atoms with Gasteiger partial charge in [0.05, 0.1) is 28.0 Å². The molecular formula is C42H59NO7S. The van der Waals surface area contributed by atoms with Gasteiger partial charge in [-0.2, -0.15) is 0 Å². The number of carboxylic acids is 1. The summed E-state index contributed by atoms with van der Waals surface area (Å²) in [7, 11) is -3.08. The van der Waals surface area contributed by atoms with E-state index < -0.39 is 27.2 Å². The Hall–Kier alpha value is -2.68. The minimum Gasteiger partial charge on any atom is -0.478 e. The van der Waals surface area contributed by atoms with E-state index in [1.54, 1.807) is 23.8 Å². The molecule has 1 saturated heterocycles. The molecule has 7 rings (SSSR count). The second-order valence-electron chi connectivity index (χ2n) is 19.4. The van der Waals surface area contributed by atoms with Crippen LogP contribution in [0.4, 0.5) is 0 Å². The summed E-state index contributed by atoms with van der Waals surface area (Å²) in [5.41, 5.74) is 2.39. The molecule has 5 aliphatic carbocycles. The van der Waals surface area contributed by atoms with Gasteiger partial charge in [0, 0.05) is 18.5 Å². The van der Waals surface area contributed by atoms with Gasteiger partial charge in [0.1, 0.15) is 6.10 Å². The number of nitrogens with zero attached hydrogens (tertiary/aromatic N) is 1. The Labute approximate surface area is 305 Å². The van der Waals surface area contributed by atoms with Gasteiger partial charge in [-0.15, -0.1) is 0 Å². The highest BCUT2D eigenvalue weighted by molar-refractivity contribution is 7.91. The minimum atomic E-state index is -3.08. The quantitative estimate of drug-likeness (QED) is 0.247. The zero-order valence-electron chi connectivity index (χ0n) is 31.9. The Balaban J connectivity index is 1.19. The first-order chi connectivity index (χ1) is 23.7. The lowest BCUT2D eigenvalue weighted by Crippen LogP contribution is -2.65. The molecule has 9 heteroatoms. The third-order valence-corrected chi connectivity index (χ3v) is 17.8. The number of sulfone groups is 1. The SMILES string of the molecule is CC1(C)CC[C@]2(C(=O)N3CCS(=O)(=O)CC3)CC[C@]3(C)C(=C2C1)CC[C@@H]1[C@@]2(C)CC[C@H](OC(=O)c4ccccc4C(=O)O)C(C)(C)[C@@H]2CC[C@]13C. The van der Waals surface area contributed by atoms with E-state index in [-0.39, 0.29) is 61.7 Å². The summed E-state index contributed by atoms with van der Waals surface area (Å²) in [5, 5.41) is 9.71. The standard InChI is InChI=1S/C42H59NO7S/c1-37(2)18-20-42(36(47)43-22-24-51(48,49)25-23-43)21-19-40(6)29(30(42)26-37)12-13-32-39(5)16-15-33(38(3,4)31(39)14-17-41(32,40)7)50-35(46)28-11-9-8-10-27(28)34(44)45/h8-11,31-33H,12-26H2,1-7H3,(H,44,45)/t31-,32+,33-,39-,40+,41+,42-/m0/s1. The largest absolute Gasteiger partial charge is 0.478 e. The van der Waals surface area contributed by atoms with E-state index >= 15 is 0 Å². The van der Waals surface area contributed by atoms with E-state index in [0.29, 0.717) is 24.9 Å². The number of allylic oxidation sites excluding steroid dienone is 1. The second kappa shape index (κ2) is 11.9. The lowest BCUT2D eigenvalue weighted by atomic mass is 9.34. The monoisotopic (exact) mass is 721 g/mol. The fourth-order valence-corrected chi connectivity index (χ4v) is 14.3. The average Bonchev–Trinajstić information content (AvgIpc) is 3.05. The topological polar surface area (TPSA) is 118 Å². The first-order valence-corrected chi connectivity index (χ1v) is 21.3. The summed E-state index contributed by atoms with van der Waals surface area (Å²) >= 11 is 0. The van der Waals surface area contributed by atoms with Crippen molar-refractivity contribution in [1.29, 1.82) is 0 Å². The highest BCUT2D eigenvalue weighted by Crippen LogP contribution is 2.76. The number of fused-ring (bicyclic) bond motifs is 6. The maximum absolute atomic E-state index is 14.7. The highest BCUT2D eigenvalue weighted by Gasteiger charge is 2.68. The molecule has 0 aromatic heterocycles. The Morgan fingerprint density at radius 1 is 0.784 bits per heavy atom. The Bertz CT molecular complexity index is 1780. The summed E-state index contributed by atoms with van der Waals surface area (Å²) in [6.45, 7) is 17.4. The van der Waals surface area contributed by atoms with Gasteiger partial charge in [-0.05, 0) is 116 Å². The normalized spacial score (nSPS) is 39.4. The molecule has 6 aliphatic rings. The Morgan fingerprint density at radius 3 is 2.10 bits per heavy atom. The minimum absolute atomic E-state index is 0.0295.